The fraction of sp³-hybridized carbons (Fsp3) is 0.333. The van der Waals surface area contributed by atoms with E-state index in [0.717, 1.165) is 17.8 Å². The molecular weight excluding hydrogens is 318 g/mol. The van der Waals surface area contributed by atoms with Crippen molar-refractivity contribution in [3.8, 4) is 5.75 Å². The van der Waals surface area contributed by atoms with Crippen LogP contribution in [0.15, 0.2) is 22.9 Å². The van der Waals surface area contributed by atoms with Crippen molar-refractivity contribution in [2.75, 3.05) is 0 Å². The lowest BCUT2D eigenvalue weighted by molar-refractivity contribution is 0.291. The Morgan fingerprint density at radius 2 is 2.28 bits per heavy atom. The minimum atomic E-state index is 0.368. The Kier molecular flexibility index (Phi) is 4.24. The molecule has 0 aliphatic rings. The van der Waals surface area contributed by atoms with Crippen molar-refractivity contribution in [3.63, 3.8) is 0 Å². The quantitative estimate of drug-likeness (QED) is 0.807. The highest BCUT2D eigenvalue weighted by molar-refractivity contribution is 9.10. The Labute approximate surface area is 119 Å². The van der Waals surface area contributed by atoms with Gasteiger partial charge in [0.2, 0.25) is 0 Å². The molecule has 0 N–H and O–H groups in total. The smallest absolute Gasteiger partial charge is 0.152 e. The molecule has 0 atom stereocenters. The standard InChI is InChI=1S/C12H13BrClN3O/c1-3-8-11(14)9(17(2)16-8)7-18-10-5-4-6-15-12(10)13/h4-6H,3,7H2,1-2H3. The van der Waals surface area contributed by atoms with Gasteiger partial charge in [0.25, 0.3) is 0 Å². The molecule has 2 aromatic heterocycles. The molecule has 0 fully saturated rings. The van der Waals surface area contributed by atoms with Gasteiger partial charge in [-0.15, -0.1) is 0 Å². The van der Waals surface area contributed by atoms with Gasteiger partial charge in [-0.2, -0.15) is 5.10 Å². The van der Waals surface area contributed by atoms with E-state index in [9.17, 15) is 0 Å². The summed E-state index contributed by atoms with van der Waals surface area (Å²) in [6.07, 6.45) is 2.51. The Morgan fingerprint density at radius 1 is 1.50 bits per heavy atom. The largest absolute Gasteiger partial charge is 0.484 e. The molecule has 2 rings (SSSR count). The summed E-state index contributed by atoms with van der Waals surface area (Å²) in [6.45, 7) is 2.39. The Bertz CT molecular complexity index is 556. The number of rotatable bonds is 4. The molecule has 4 nitrogen and oxygen atoms in total. The number of pyridine rings is 1. The Hall–Kier alpha value is -1.07. The summed E-state index contributed by atoms with van der Waals surface area (Å²) in [5, 5.41) is 5.02. The summed E-state index contributed by atoms with van der Waals surface area (Å²) >= 11 is 9.58. The normalized spacial score (nSPS) is 10.7. The number of hydrogen-bond donors (Lipinski definition) is 0. The second-order valence-electron chi connectivity index (χ2n) is 3.77. The molecule has 0 aromatic carbocycles. The molecule has 0 saturated carbocycles. The maximum absolute atomic E-state index is 6.25. The molecule has 0 aliphatic carbocycles. The molecule has 2 heterocycles. The highest BCUT2D eigenvalue weighted by atomic mass is 79.9. The van der Waals surface area contributed by atoms with Crippen LogP contribution in [0.2, 0.25) is 5.02 Å². The lowest BCUT2D eigenvalue weighted by Gasteiger charge is -2.07. The van der Waals surface area contributed by atoms with Crippen LogP contribution >= 0.6 is 27.5 Å². The minimum Gasteiger partial charge on any atom is -0.484 e. The molecule has 2 aromatic rings. The molecule has 0 amide bonds. The molecule has 0 saturated heterocycles. The van der Waals surface area contributed by atoms with Crippen LogP contribution in [0.5, 0.6) is 5.75 Å². The van der Waals surface area contributed by atoms with Crippen molar-refractivity contribution >= 4 is 27.5 Å². The molecule has 0 bridgehead atoms. The number of aryl methyl sites for hydroxylation is 2. The van der Waals surface area contributed by atoms with Crippen LogP contribution in [0.25, 0.3) is 0 Å². The minimum absolute atomic E-state index is 0.368. The van der Waals surface area contributed by atoms with Crippen molar-refractivity contribution in [1.82, 2.24) is 14.8 Å². The summed E-state index contributed by atoms with van der Waals surface area (Å²) in [5.74, 6) is 0.688. The van der Waals surface area contributed by atoms with E-state index >= 15 is 0 Å². The van der Waals surface area contributed by atoms with Crippen LogP contribution in [0.3, 0.4) is 0 Å². The van der Waals surface area contributed by atoms with Gasteiger partial charge >= 0.3 is 0 Å². The number of nitrogens with zero attached hydrogens (tertiary/aromatic N) is 3. The topological polar surface area (TPSA) is 39.9 Å². The number of hydrogen-bond acceptors (Lipinski definition) is 3. The van der Waals surface area contributed by atoms with Crippen LogP contribution in [0.4, 0.5) is 0 Å². The molecule has 0 aliphatic heterocycles. The van der Waals surface area contributed by atoms with E-state index in [4.69, 9.17) is 16.3 Å². The first-order valence-corrected chi connectivity index (χ1v) is 6.74. The van der Waals surface area contributed by atoms with Crippen molar-refractivity contribution < 1.29 is 4.74 Å². The Morgan fingerprint density at radius 3 is 2.89 bits per heavy atom. The van der Waals surface area contributed by atoms with E-state index < -0.39 is 0 Å². The van der Waals surface area contributed by atoms with E-state index in [1.807, 2.05) is 26.1 Å². The van der Waals surface area contributed by atoms with Gasteiger partial charge in [-0.25, -0.2) is 4.98 Å². The first kappa shape index (κ1) is 13.4. The zero-order valence-electron chi connectivity index (χ0n) is 10.2. The molecule has 0 radical (unpaired) electrons. The maximum Gasteiger partial charge on any atom is 0.152 e. The molecule has 96 valence electrons. The van der Waals surface area contributed by atoms with Crippen molar-refractivity contribution in [2.24, 2.45) is 7.05 Å². The zero-order valence-corrected chi connectivity index (χ0v) is 12.5. The zero-order chi connectivity index (χ0) is 13.1. The molecular formula is C12H13BrClN3O. The van der Waals surface area contributed by atoms with Crippen molar-refractivity contribution in [1.29, 1.82) is 0 Å². The predicted octanol–water partition coefficient (Wildman–Crippen LogP) is 3.37. The van der Waals surface area contributed by atoms with E-state index in [2.05, 4.69) is 26.0 Å². The first-order chi connectivity index (χ1) is 8.63. The second kappa shape index (κ2) is 5.71. The van der Waals surface area contributed by atoms with Crippen LogP contribution in [0.1, 0.15) is 18.3 Å². The summed E-state index contributed by atoms with van der Waals surface area (Å²) < 4.78 is 8.12. The van der Waals surface area contributed by atoms with Crippen LogP contribution in [-0.4, -0.2) is 14.8 Å². The SMILES string of the molecule is CCc1nn(C)c(COc2cccnc2Br)c1Cl. The van der Waals surface area contributed by atoms with Gasteiger partial charge in [-0.3, -0.25) is 4.68 Å². The summed E-state index contributed by atoms with van der Waals surface area (Å²) in [4.78, 5) is 4.09. The molecule has 6 heteroatoms. The van der Waals surface area contributed by atoms with Gasteiger partial charge in [0.15, 0.2) is 5.75 Å². The second-order valence-corrected chi connectivity index (χ2v) is 4.89. The number of ether oxygens (including phenoxy) is 1. The van der Waals surface area contributed by atoms with Gasteiger partial charge in [-0.1, -0.05) is 18.5 Å². The van der Waals surface area contributed by atoms with Gasteiger partial charge in [0.1, 0.15) is 11.2 Å². The van der Waals surface area contributed by atoms with Gasteiger partial charge in [0.05, 0.1) is 16.4 Å². The number of halogens is 2. The lowest BCUT2D eigenvalue weighted by Crippen LogP contribution is -2.04. The lowest BCUT2D eigenvalue weighted by atomic mass is 10.3. The monoisotopic (exact) mass is 329 g/mol. The van der Waals surface area contributed by atoms with Crippen molar-refractivity contribution in [2.45, 2.75) is 20.0 Å². The maximum atomic E-state index is 6.25. The average molecular weight is 331 g/mol. The highest BCUT2D eigenvalue weighted by Gasteiger charge is 2.13. The van der Waals surface area contributed by atoms with Gasteiger partial charge in [0, 0.05) is 13.2 Å². The molecule has 18 heavy (non-hydrogen) atoms. The summed E-state index contributed by atoms with van der Waals surface area (Å²) in [7, 11) is 1.86. The third kappa shape index (κ3) is 2.67. The van der Waals surface area contributed by atoms with Crippen LogP contribution in [0, 0.1) is 0 Å². The van der Waals surface area contributed by atoms with Gasteiger partial charge in [-0.05, 0) is 34.5 Å². The number of aromatic nitrogens is 3. The van der Waals surface area contributed by atoms with E-state index in [0.29, 0.717) is 22.0 Å². The van der Waals surface area contributed by atoms with E-state index in [-0.39, 0.29) is 0 Å². The molecule has 0 spiro atoms. The predicted molar refractivity (Wildman–Crippen MR) is 73.9 cm³/mol. The molecule has 0 unspecified atom stereocenters. The van der Waals surface area contributed by atoms with E-state index in [1.54, 1.807) is 10.9 Å². The average Bonchev–Trinajstić information content (AvgIpc) is 2.64. The Balaban J connectivity index is 2.16. The fourth-order valence-corrected chi connectivity index (χ4v) is 2.31. The van der Waals surface area contributed by atoms with Crippen LogP contribution < -0.4 is 4.74 Å². The summed E-state index contributed by atoms with van der Waals surface area (Å²) in [5.41, 5.74) is 1.76. The third-order valence-electron chi connectivity index (χ3n) is 2.59. The van der Waals surface area contributed by atoms with E-state index in [1.165, 1.54) is 0 Å². The van der Waals surface area contributed by atoms with Crippen molar-refractivity contribution in [3.05, 3.63) is 39.3 Å². The highest BCUT2D eigenvalue weighted by Crippen LogP contribution is 2.25. The first-order valence-electron chi connectivity index (χ1n) is 5.57. The van der Waals surface area contributed by atoms with Gasteiger partial charge < -0.3 is 4.74 Å². The third-order valence-corrected chi connectivity index (χ3v) is 3.62. The van der Waals surface area contributed by atoms with Crippen LogP contribution in [-0.2, 0) is 20.1 Å². The fourth-order valence-electron chi connectivity index (χ4n) is 1.60. The summed E-state index contributed by atoms with van der Waals surface area (Å²) in [6, 6.07) is 3.67.